The van der Waals surface area contributed by atoms with Crippen molar-refractivity contribution in [2.75, 3.05) is 42.4 Å². The Labute approximate surface area is 191 Å². The molecule has 28 heavy (non-hydrogen) atoms. The van der Waals surface area contributed by atoms with Crippen molar-refractivity contribution in [1.82, 2.24) is 5.32 Å². The molecule has 0 saturated heterocycles. The fourth-order valence-corrected chi connectivity index (χ4v) is 5.59. The summed E-state index contributed by atoms with van der Waals surface area (Å²) < 4.78 is 4.46. The first-order chi connectivity index (χ1) is 13.5. The summed E-state index contributed by atoms with van der Waals surface area (Å²) in [6.45, 7) is 7.24. The van der Waals surface area contributed by atoms with Crippen molar-refractivity contribution in [3.8, 4) is 0 Å². The van der Waals surface area contributed by atoms with E-state index in [-0.39, 0.29) is 22.7 Å². The quantitative estimate of drug-likeness (QED) is 0.177. The summed E-state index contributed by atoms with van der Waals surface area (Å²) in [6, 6.07) is 0. The standard InChI is InChI=1S/C14H25NO4S3.C4H10S2/c1-3-4-5-8-15-12(16)6-9-21-22-10-7-14(18)20-11-13(17)19-2;1-3-5-6-4-2/h3-11H2,1-2H3,(H,15,16);3-4H2,1-2H3. The highest BCUT2D eigenvalue weighted by atomic mass is 33.1. The van der Waals surface area contributed by atoms with Gasteiger partial charge in [-0.15, -0.1) is 0 Å². The summed E-state index contributed by atoms with van der Waals surface area (Å²) in [4.78, 5) is 33.8. The van der Waals surface area contributed by atoms with Gasteiger partial charge in [-0.2, -0.15) is 0 Å². The third-order valence-electron chi connectivity index (χ3n) is 2.89. The molecule has 0 saturated carbocycles. The topological polar surface area (TPSA) is 72.5 Å². The Bertz CT molecular complexity index is 396. The molecule has 0 bridgehead atoms. The molecule has 0 aliphatic carbocycles. The predicted octanol–water partition coefficient (Wildman–Crippen LogP) is 5.29. The summed E-state index contributed by atoms with van der Waals surface area (Å²) in [7, 11) is 8.34. The van der Waals surface area contributed by atoms with Gasteiger partial charge in [-0.1, -0.05) is 88.6 Å². The van der Waals surface area contributed by atoms with Crippen LogP contribution in [0.1, 0.15) is 52.9 Å². The first-order valence-electron chi connectivity index (χ1n) is 9.49. The molecule has 0 aromatic heterocycles. The van der Waals surface area contributed by atoms with Crippen LogP contribution in [0.3, 0.4) is 0 Å². The van der Waals surface area contributed by atoms with Gasteiger partial charge in [0, 0.05) is 42.4 Å². The number of ether oxygens (including phenoxy) is 1. The maximum absolute atomic E-state index is 11.5. The Kier molecular flexibility index (Phi) is 27.7. The normalized spacial score (nSPS) is 10.0. The molecule has 166 valence electrons. The van der Waals surface area contributed by atoms with Crippen molar-refractivity contribution in [3.05, 3.63) is 0 Å². The van der Waals surface area contributed by atoms with Crippen LogP contribution in [-0.4, -0.2) is 59.4 Å². The number of thioether (sulfide) groups is 1. The van der Waals surface area contributed by atoms with Crippen LogP contribution in [0, 0.1) is 0 Å². The summed E-state index contributed by atoms with van der Waals surface area (Å²) in [5.41, 5.74) is 0. The monoisotopic (exact) mass is 489 g/mol. The third-order valence-corrected chi connectivity index (χ3v) is 8.75. The van der Waals surface area contributed by atoms with Crippen LogP contribution in [-0.2, 0) is 19.1 Å². The van der Waals surface area contributed by atoms with Gasteiger partial charge in [-0.25, -0.2) is 0 Å². The molecule has 0 aliphatic rings. The van der Waals surface area contributed by atoms with E-state index in [9.17, 15) is 14.4 Å². The van der Waals surface area contributed by atoms with E-state index in [1.165, 1.54) is 18.6 Å². The van der Waals surface area contributed by atoms with Crippen molar-refractivity contribution in [2.24, 2.45) is 0 Å². The smallest absolute Gasteiger partial charge is 0.316 e. The lowest BCUT2D eigenvalue weighted by atomic mass is 10.2. The zero-order valence-electron chi connectivity index (χ0n) is 17.5. The number of methoxy groups -OCH3 is 1. The fourth-order valence-electron chi connectivity index (χ4n) is 1.51. The lowest BCUT2D eigenvalue weighted by Gasteiger charge is -2.04. The molecule has 0 aromatic rings. The van der Waals surface area contributed by atoms with Crippen LogP contribution in [0.5, 0.6) is 0 Å². The highest BCUT2D eigenvalue weighted by Crippen LogP contribution is 2.23. The van der Waals surface area contributed by atoms with E-state index in [1.54, 1.807) is 21.6 Å². The number of rotatable bonds is 16. The van der Waals surface area contributed by atoms with Gasteiger partial charge >= 0.3 is 5.97 Å². The number of unbranched alkanes of at least 4 members (excludes halogenated alkanes) is 2. The number of esters is 1. The van der Waals surface area contributed by atoms with Gasteiger partial charge in [0.25, 0.3) is 0 Å². The van der Waals surface area contributed by atoms with Gasteiger partial charge in [0.2, 0.25) is 5.91 Å². The van der Waals surface area contributed by atoms with E-state index in [1.807, 2.05) is 21.6 Å². The molecule has 1 N–H and O–H groups in total. The first kappa shape index (κ1) is 30.6. The van der Waals surface area contributed by atoms with Crippen LogP contribution in [0.15, 0.2) is 0 Å². The van der Waals surface area contributed by atoms with Crippen molar-refractivity contribution < 1.29 is 19.1 Å². The minimum Gasteiger partial charge on any atom is -0.468 e. The molecule has 0 aromatic carbocycles. The van der Waals surface area contributed by atoms with Crippen LogP contribution >= 0.6 is 54.9 Å². The summed E-state index contributed by atoms with van der Waals surface area (Å²) in [5.74, 6) is 3.69. The Balaban J connectivity index is 0. The molecular formula is C18H35NO4S5. The number of hydrogen-bond donors (Lipinski definition) is 1. The summed E-state index contributed by atoms with van der Waals surface area (Å²) >= 11 is 0.991. The van der Waals surface area contributed by atoms with Crippen molar-refractivity contribution in [3.63, 3.8) is 0 Å². The fraction of sp³-hybridized carbons (Fsp3) is 0.833. The number of nitrogens with one attached hydrogen (secondary N) is 1. The largest absolute Gasteiger partial charge is 0.468 e. The van der Waals surface area contributed by atoms with Crippen LogP contribution in [0.25, 0.3) is 0 Å². The maximum Gasteiger partial charge on any atom is 0.316 e. The van der Waals surface area contributed by atoms with Crippen molar-refractivity contribution in [1.29, 1.82) is 0 Å². The molecule has 10 heteroatoms. The minimum absolute atomic E-state index is 0.00725. The van der Waals surface area contributed by atoms with Gasteiger partial charge in [0.05, 0.1) is 12.9 Å². The number of hydrogen-bond acceptors (Lipinski definition) is 9. The molecule has 0 aliphatic heterocycles. The Morgan fingerprint density at radius 1 is 0.857 bits per heavy atom. The van der Waals surface area contributed by atoms with E-state index < -0.39 is 0 Å². The summed E-state index contributed by atoms with van der Waals surface area (Å²) in [5, 5.41) is 2.89. The Morgan fingerprint density at radius 3 is 2.00 bits per heavy atom. The number of carbonyl (C=O) groups excluding carboxylic acids is 3. The molecule has 1 amide bonds. The lowest BCUT2D eigenvalue weighted by Crippen LogP contribution is -2.24. The zero-order valence-corrected chi connectivity index (χ0v) is 21.5. The maximum atomic E-state index is 11.5. The number of amides is 1. The second kappa shape index (κ2) is 25.4. The molecule has 5 nitrogen and oxygen atoms in total. The SMILES string of the molecule is CCCCCNC(=O)CCSSCCC(=O)SCC(=O)OC.CCSSCC. The Hall–Kier alpha value is 0.360. The summed E-state index contributed by atoms with van der Waals surface area (Å²) in [6.07, 6.45) is 4.26. The lowest BCUT2D eigenvalue weighted by molar-refractivity contribution is -0.137. The van der Waals surface area contributed by atoms with E-state index in [0.717, 1.165) is 43.3 Å². The number of carbonyl (C=O) groups is 3. The average Bonchev–Trinajstić information content (AvgIpc) is 2.70. The van der Waals surface area contributed by atoms with Gasteiger partial charge in [-0.3, -0.25) is 14.4 Å². The zero-order chi connectivity index (χ0) is 21.5. The van der Waals surface area contributed by atoms with Crippen LogP contribution < -0.4 is 5.32 Å². The molecule has 0 rings (SSSR count). The van der Waals surface area contributed by atoms with Crippen molar-refractivity contribution >= 4 is 71.9 Å². The molecule has 0 fully saturated rings. The molecular weight excluding hydrogens is 455 g/mol. The van der Waals surface area contributed by atoms with E-state index in [0.29, 0.717) is 18.6 Å². The molecule has 0 heterocycles. The van der Waals surface area contributed by atoms with Gasteiger partial charge in [0.15, 0.2) is 5.12 Å². The van der Waals surface area contributed by atoms with E-state index in [2.05, 4.69) is 30.8 Å². The Morgan fingerprint density at radius 2 is 1.46 bits per heavy atom. The predicted molar refractivity (Wildman–Crippen MR) is 132 cm³/mol. The van der Waals surface area contributed by atoms with Gasteiger partial charge in [0.1, 0.15) is 0 Å². The highest BCUT2D eigenvalue weighted by Gasteiger charge is 2.07. The molecule has 0 radical (unpaired) electrons. The second-order valence-electron chi connectivity index (χ2n) is 5.25. The second-order valence-corrected chi connectivity index (χ2v) is 12.0. The molecule has 0 unspecified atom stereocenters. The third kappa shape index (κ3) is 26.4. The molecule has 0 spiro atoms. The van der Waals surface area contributed by atoms with E-state index in [4.69, 9.17) is 0 Å². The van der Waals surface area contributed by atoms with Crippen LogP contribution in [0.4, 0.5) is 0 Å². The van der Waals surface area contributed by atoms with Crippen molar-refractivity contribution in [2.45, 2.75) is 52.9 Å². The first-order valence-corrected chi connectivity index (χ1v) is 15.5. The van der Waals surface area contributed by atoms with E-state index >= 15 is 0 Å². The highest BCUT2D eigenvalue weighted by molar-refractivity contribution is 8.77. The van der Waals surface area contributed by atoms with Gasteiger partial charge < -0.3 is 10.1 Å². The van der Waals surface area contributed by atoms with Gasteiger partial charge in [-0.05, 0) is 6.42 Å². The average molecular weight is 490 g/mol. The minimum atomic E-state index is -0.384. The van der Waals surface area contributed by atoms with Crippen LogP contribution in [0.2, 0.25) is 0 Å². The molecule has 0 atom stereocenters.